The Morgan fingerprint density at radius 2 is 2.11 bits per heavy atom. The Morgan fingerprint density at radius 1 is 1.39 bits per heavy atom. The van der Waals surface area contributed by atoms with Gasteiger partial charge in [-0.3, -0.25) is 0 Å². The summed E-state index contributed by atoms with van der Waals surface area (Å²) in [6.07, 6.45) is 1.25. The van der Waals surface area contributed by atoms with E-state index in [4.69, 9.17) is 23.2 Å². The second kappa shape index (κ2) is 4.91. The van der Waals surface area contributed by atoms with E-state index in [-0.39, 0.29) is 22.2 Å². The summed E-state index contributed by atoms with van der Waals surface area (Å²) in [6.45, 7) is -0.0287. The van der Waals surface area contributed by atoms with E-state index >= 15 is 0 Å². The molecule has 0 bridgehead atoms. The van der Waals surface area contributed by atoms with Crippen LogP contribution in [0, 0.1) is 15.9 Å². The fraction of sp³-hybridized carbons (Fsp3) is 0.100. The van der Waals surface area contributed by atoms with Gasteiger partial charge in [-0.05, 0) is 17.1 Å². The molecule has 1 aromatic carbocycles. The SMILES string of the molecule is O=[N+]([O-])c1nn(Cc2c(F)cccc2Cl)cc1Cl. The van der Waals surface area contributed by atoms with Gasteiger partial charge in [0.25, 0.3) is 0 Å². The standard InChI is InChI=1S/C10H6Cl2FN3O2/c11-7-2-1-3-9(13)6(7)4-15-5-8(12)10(14-15)16(17)18/h1-3,5H,4H2. The van der Waals surface area contributed by atoms with Crippen molar-refractivity contribution in [2.45, 2.75) is 6.54 Å². The van der Waals surface area contributed by atoms with E-state index in [2.05, 4.69) is 5.10 Å². The van der Waals surface area contributed by atoms with Crippen LogP contribution in [0.25, 0.3) is 0 Å². The summed E-state index contributed by atoms with van der Waals surface area (Å²) in [7, 11) is 0. The van der Waals surface area contributed by atoms with E-state index in [0.717, 1.165) is 0 Å². The smallest absolute Gasteiger partial charge is 0.358 e. The number of rotatable bonds is 3. The zero-order chi connectivity index (χ0) is 13.3. The maximum absolute atomic E-state index is 13.5. The maximum atomic E-state index is 13.5. The third-order valence-corrected chi connectivity index (χ3v) is 2.87. The largest absolute Gasteiger partial charge is 0.408 e. The molecule has 0 N–H and O–H groups in total. The van der Waals surface area contributed by atoms with Crippen molar-refractivity contribution >= 4 is 29.0 Å². The predicted octanol–water partition coefficient (Wildman–Crippen LogP) is 3.29. The molecule has 0 aliphatic carbocycles. The van der Waals surface area contributed by atoms with E-state index < -0.39 is 16.6 Å². The highest BCUT2D eigenvalue weighted by atomic mass is 35.5. The first kappa shape index (κ1) is 12.8. The first-order valence-corrected chi connectivity index (χ1v) is 5.55. The van der Waals surface area contributed by atoms with Gasteiger partial charge in [-0.25, -0.2) is 4.39 Å². The molecule has 0 saturated heterocycles. The fourth-order valence-electron chi connectivity index (χ4n) is 1.44. The second-order valence-corrected chi connectivity index (χ2v) is 4.27. The molecule has 0 spiro atoms. The van der Waals surface area contributed by atoms with Crippen molar-refractivity contribution in [1.29, 1.82) is 0 Å². The minimum Gasteiger partial charge on any atom is -0.358 e. The van der Waals surface area contributed by atoms with Crippen molar-refractivity contribution in [3.05, 3.63) is 55.9 Å². The predicted molar refractivity (Wildman–Crippen MR) is 64.4 cm³/mol. The topological polar surface area (TPSA) is 61.0 Å². The summed E-state index contributed by atoms with van der Waals surface area (Å²) in [5.41, 5.74) is 0.202. The molecule has 0 aliphatic heterocycles. The van der Waals surface area contributed by atoms with Gasteiger partial charge in [0.05, 0.1) is 17.8 Å². The lowest BCUT2D eigenvalue weighted by Gasteiger charge is -2.03. The number of hydrogen-bond donors (Lipinski definition) is 0. The average molecular weight is 290 g/mol. The molecule has 1 aromatic heterocycles. The van der Waals surface area contributed by atoms with Crippen LogP contribution in [0.4, 0.5) is 10.2 Å². The third kappa shape index (κ3) is 2.44. The van der Waals surface area contributed by atoms with Crippen LogP contribution >= 0.6 is 23.2 Å². The Hall–Kier alpha value is -1.66. The van der Waals surface area contributed by atoms with Gasteiger partial charge in [0.1, 0.15) is 5.82 Å². The van der Waals surface area contributed by atoms with E-state index in [9.17, 15) is 14.5 Å². The van der Waals surface area contributed by atoms with Crippen molar-refractivity contribution in [2.75, 3.05) is 0 Å². The quantitative estimate of drug-likeness (QED) is 0.643. The van der Waals surface area contributed by atoms with Crippen molar-refractivity contribution < 1.29 is 9.31 Å². The molecular formula is C10H6Cl2FN3O2. The van der Waals surface area contributed by atoms with E-state index in [1.807, 2.05) is 0 Å². The normalized spacial score (nSPS) is 10.6. The molecule has 0 atom stereocenters. The molecule has 2 aromatic rings. The number of hydrogen-bond acceptors (Lipinski definition) is 3. The van der Waals surface area contributed by atoms with Crippen LogP contribution < -0.4 is 0 Å². The van der Waals surface area contributed by atoms with E-state index in [1.54, 1.807) is 0 Å². The molecule has 0 fully saturated rings. The Labute approximate surface area is 111 Å². The molecule has 5 nitrogen and oxygen atoms in total. The molecule has 0 saturated carbocycles. The second-order valence-electron chi connectivity index (χ2n) is 3.46. The van der Waals surface area contributed by atoms with Gasteiger partial charge in [-0.15, -0.1) is 0 Å². The van der Waals surface area contributed by atoms with Gasteiger partial charge in [0.2, 0.25) is 0 Å². The van der Waals surface area contributed by atoms with Crippen LogP contribution in [0.5, 0.6) is 0 Å². The number of nitro groups is 1. The lowest BCUT2D eigenvalue weighted by atomic mass is 10.2. The summed E-state index contributed by atoms with van der Waals surface area (Å²) < 4.78 is 14.7. The summed E-state index contributed by atoms with van der Waals surface area (Å²) >= 11 is 11.5. The average Bonchev–Trinajstić information content (AvgIpc) is 2.65. The summed E-state index contributed by atoms with van der Waals surface area (Å²) in [4.78, 5) is 9.86. The highest BCUT2D eigenvalue weighted by molar-refractivity contribution is 6.32. The van der Waals surface area contributed by atoms with Gasteiger partial charge < -0.3 is 10.1 Å². The first-order valence-electron chi connectivity index (χ1n) is 4.79. The molecule has 0 unspecified atom stereocenters. The zero-order valence-electron chi connectivity index (χ0n) is 8.81. The van der Waals surface area contributed by atoms with Crippen molar-refractivity contribution in [3.63, 3.8) is 0 Å². The first-order chi connectivity index (χ1) is 8.49. The lowest BCUT2D eigenvalue weighted by molar-refractivity contribution is -0.389. The number of halogens is 3. The lowest BCUT2D eigenvalue weighted by Crippen LogP contribution is -2.04. The van der Waals surface area contributed by atoms with Crippen LogP contribution in [-0.2, 0) is 6.54 Å². The molecule has 0 radical (unpaired) electrons. The fourth-order valence-corrected chi connectivity index (χ4v) is 1.88. The number of benzene rings is 1. The minimum absolute atomic E-state index is 0.0287. The summed E-state index contributed by atoms with van der Waals surface area (Å²) in [5, 5.41) is 14.3. The van der Waals surface area contributed by atoms with Crippen LogP contribution in [0.3, 0.4) is 0 Å². The summed E-state index contributed by atoms with van der Waals surface area (Å²) in [5.74, 6) is -0.971. The summed E-state index contributed by atoms with van der Waals surface area (Å²) in [6, 6.07) is 4.25. The Balaban J connectivity index is 2.35. The van der Waals surface area contributed by atoms with Gasteiger partial charge in [0.15, 0.2) is 5.02 Å². The van der Waals surface area contributed by atoms with Crippen LogP contribution in [0.1, 0.15) is 5.56 Å². The Bertz CT molecular complexity index is 595. The van der Waals surface area contributed by atoms with Crippen LogP contribution in [0.2, 0.25) is 10.0 Å². The van der Waals surface area contributed by atoms with Crippen LogP contribution in [-0.4, -0.2) is 14.7 Å². The van der Waals surface area contributed by atoms with Gasteiger partial charge in [-0.1, -0.05) is 29.3 Å². The minimum atomic E-state index is -0.707. The molecule has 18 heavy (non-hydrogen) atoms. The number of nitrogens with zero attached hydrogens (tertiary/aromatic N) is 3. The maximum Gasteiger partial charge on any atom is 0.408 e. The highest BCUT2D eigenvalue weighted by Gasteiger charge is 2.20. The Morgan fingerprint density at radius 3 is 2.67 bits per heavy atom. The van der Waals surface area contributed by atoms with Crippen molar-refractivity contribution in [1.82, 2.24) is 9.78 Å². The molecule has 8 heteroatoms. The van der Waals surface area contributed by atoms with E-state index in [1.165, 1.54) is 29.1 Å². The van der Waals surface area contributed by atoms with Crippen molar-refractivity contribution in [3.8, 4) is 0 Å². The molecule has 2 rings (SSSR count). The van der Waals surface area contributed by atoms with E-state index in [0.29, 0.717) is 0 Å². The van der Waals surface area contributed by atoms with Gasteiger partial charge >= 0.3 is 5.82 Å². The molecule has 0 amide bonds. The van der Waals surface area contributed by atoms with Gasteiger partial charge in [-0.2, -0.15) is 4.68 Å². The number of aromatic nitrogens is 2. The third-order valence-electron chi connectivity index (χ3n) is 2.25. The van der Waals surface area contributed by atoms with Crippen LogP contribution in [0.15, 0.2) is 24.4 Å². The molecule has 0 aliphatic rings. The zero-order valence-corrected chi connectivity index (χ0v) is 10.3. The molecular weight excluding hydrogens is 284 g/mol. The molecule has 1 heterocycles. The molecule has 94 valence electrons. The Kier molecular flexibility index (Phi) is 3.49. The van der Waals surface area contributed by atoms with Gasteiger partial charge in [0, 0.05) is 10.6 Å². The monoisotopic (exact) mass is 289 g/mol. The van der Waals surface area contributed by atoms with Crippen molar-refractivity contribution in [2.24, 2.45) is 0 Å². The highest BCUT2D eigenvalue weighted by Crippen LogP contribution is 2.24.